The molecule has 1 aliphatic carbocycles. The Balaban J connectivity index is 1.21. The Labute approximate surface area is 233 Å². The first-order valence-corrected chi connectivity index (χ1v) is 13.8. The van der Waals surface area contributed by atoms with E-state index < -0.39 is 0 Å². The monoisotopic (exact) mass is 513 g/mol. The van der Waals surface area contributed by atoms with Gasteiger partial charge in [-0.1, -0.05) is 109 Å². The lowest BCUT2D eigenvalue weighted by Gasteiger charge is -2.28. The molecule has 1 heterocycles. The number of nitrogens with one attached hydrogen (secondary N) is 1. The molecule has 0 atom stereocenters. The van der Waals surface area contributed by atoms with E-state index in [9.17, 15) is 0 Å². The van der Waals surface area contributed by atoms with E-state index in [1.165, 1.54) is 38.9 Å². The molecule has 0 saturated heterocycles. The summed E-state index contributed by atoms with van der Waals surface area (Å²) in [5, 5.41) is 5.84. The van der Waals surface area contributed by atoms with Crippen LogP contribution in [0, 0.1) is 0 Å². The first kappa shape index (κ1) is 22.9. The van der Waals surface area contributed by atoms with Gasteiger partial charge in [0.05, 0.1) is 0 Å². The molecule has 0 amide bonds. The average Bonchev–Trinajstić information content (AvgIpc) is 3.51. The summed E-state index contributed by atoms with van der Waals surface area (Å²) in [4.78, 5) is 0. The van der Waals surface area contributed by atoms with Crippen molar-refractivity contribution < 1.29 is 4.42 Å². The van der Waals surface area contributed by atoms with Crippen LogP contribution in [0.4, 0.5) is 11.4 Å². The Morgan fingerprint density at radius 3 is 1.82 bits per heavy atom. The summed E-state index contributed by atoms with van der Waals surface area (Å²) in [6.45, 7) is 2.34. The second-order valence-corrected chi connectivity index (χ2v) is 10.8. The molecule has 40 heavy (non-hydrogen) atoms. The van der Waals surface area contributed by atoms with Gasteiger partial charge in [0.25, 0.3) is 0 Å². The van der Waals surface area contributed by atoms with Crippen LogP contribution in [0.3, 0.4) is 0 Å². The normalized spacial score (nSPS) is 13.3. The molecular formula is C38H27NO. The van der Waals surface area contributed by atoms with Gasteiger partial charge in [-0.25, -0.2) is 0 Å². The number of rotatable bonds is 4. The molecule has 1 aromatic heterocycles. The van der Waals surface area contributed by atoms with Gasteiger partial charge in [-0.2, -0.15) is 0 Å². The van der Waals surface area contributed by atoms with Crippen LogP contribution in [-0.4, -0.2) is 0 Å². The zero-order valence-corrected chi connectivity index (χ0v) is 22.2. The number of benzene rings is 6. The smallest absolute Gasteiger partial charge is 0.139 e. The van der Waals surface area contributed by atoms with E-state index in [1.54, 1.807) is 0 Å². The van der Waals surface area contributed by atoms with E-state index >= 15 is 0 Å². The van der Waals surface area contributed by atoms with Gasteiger partial charge in [-0.15, -0.1) is 0 Å². The predicted octanol–water partition coefficient (Wildman–Crippen LogP) is 10.3. The molecule has 0 bridgehead atoms. The van der Waals surface area contributed by atoms with Crippen molar-refractivity contribution in [3.8, 4) is 22.3 Å². The van der Waals surface area contributed by atoms with E-state index in [4.69, 9.17) is 4.42 Å². The largest absolute Gasteiger partial charge is 0.456 e. The summed E-state index contributed by atoms with van der Waals surface area (Å²) in [5.74, 6) is 0. The van der Waals surface area contributed by atoms with Crippen LogP contribution in [0.15, 0.2) is 144 Å². The van der Waals surface area contributed by atoms with Gasteiger partial charge in [0.2, 0.25) is 0 Å². The van der Waals surface area contributed by atoms with Crippen molar-refractivity contribution in [2.75, 3.05) is 5.32 Å². The van der Waals surface area contributed by atoms with Gasteiger partial charge in [-0.05, 0) is 64.6 Å². The van der Waals surface area contributed by atoms with Crippen LogP contribution in [0.2, 0.25) is 0 Å². The van der Waals surface area contributed by atoms with E-state index in [2.05, 4.69) is 146 Å². The van der Waals surface area contributed by atoms with Crippen LogP contribution in [0.5, 0.6) is 0 Å². The second kappa shape index (κ2) is 8.72. The third-order valence-electron chi connectivity index (χ3n) is 8.54. The number of furan rings is 1. The summed E-state index contributed by atoms with van der Waals surface area (Å²) < 4.78 is 6.71. The minimum Gasteiger partial charge on any atom is -0.456 e. The first-order chi connectivity index (χ1) is 19.7. The van der Waals surface area contributed by atoms with Crippen molar-refractivity contribution in [1.82, 2.24) is 0 Å². The number of anilines is 2. The van der Waals surface area contributed by atoms with Gasteiger partial charge >= 0.3 is 0 Å². The molecule has 1 aliphatic rings. The number of fused-ring (bicyclic) bond motifs is 6. The van der Waals surface area contributed by atoms with Crippen molar-refractivity contribution in [2.24, 2.45) is 0 Å². The summed E-state index contributed by atoms with van der Waals surface area (Å²) in [6, 6.07) is 49.6. The van der Waals surface area contributed by atoms with Crippen LogP contribution in [0.1, 0.15) is 23.6 Å². The minimum atomic E-state index is -0.303. The quantitative estimate of drug-likeness (QED) is 0.253. The van der Waals surface area contributed by atoms with Crippen molar-refractivity contribution >= 4 is 33.3 Å². The van der Waals surface area contributed by atoms with E-state index in [1.807, 2.05) is 6.07 Å². The summed E-state index contributed by atoms with van der Waals surface area (Å²) in [5.41, 5.74) is 12.5. The zero-order valence-electron chi connectivity index (χ0n) is 22.2. The maximum absolute atomic E-state index is 6.71. The molecule has 0 unspecified atom stereocenters. The highest BCUT2D eigenvalue weighted by Crippen LogP contribution is 2.54. The highest BCUT2D eigenvalue weighted by atomic mass is 16.3. The van der Waals surface area contributed by atoms with Crippen molar-refractivity contribution in [2.45, 2.75) is 12.3 Å². The van der Waals surface area contributed by atoms with Gasteiger partial charge in [0.1, 0.15) is 11.2 Å². The Bertz CT molecular complexity index is 1990. The fourth-order valence-corrected chi connectivity index (χ4v) is 6.56. The number of hydrogen-bond donors (Lipinski definition) is 1. The summed E-state index contributed by atoms with van der Waals surface area (Å²) in [6.07, 6.45) is 0. The van der Waals surface area contributed by atoms with Gasteiger partial charge < -0.3 is 9.73 Å². The van der Waals surface area contributed by atoms with Crippen LogP contribution >= 0.6 is 0 Å². The molecule has 0 spiro atoms. The van der Waals surface area contributed by atoms with E-state index in [-0.39, 0.29) is 5.41 Å². The highest BCUT2D eigenvalue weighted by Gasteiger charge is 2.42. The number of hydrogen-bond acceptors (Lipinski definition) is 2. The molecule has 2 nitrogen and oxygen atoms in total. The lowest BCUT2D eigenvalue weighted by molar-refractivity contribution is 0.638. The topological polar surface area (TPSA) is 25.2 Å². The molecule has 1 N–H and O–H groups in total. The van der Waals surface area contributed by atoms with Crippen LogP contribution < -0.4 is 5.32 Å². The van der Waals surface area contributed by atoms with E-state index in [0.29, 0.717) is 0 Å². The average molecular weight is 514 g/mol. The van der Waals surface area contributed by atoms with Crippen molar-refractivity contribution in [3.05, 3.63) is 156 Å². The van der Waals surface area contributed by atoms with Crippen molar-refractivity contribution in [1.29, 1.82) is 0 Å². The molecule has 8 rings (SSSR count). The molecule has 0 saturated carbocycles. The van der Waals surface area contributed by atoms with Gasteiger partial charge in [-0.3, -0.25) is 0 Å². The third kappa shape index (κ3) is 3.36. The summed E-state index contributed by atoms with van der Waals surface area (Å²) in [7, 11) is 0. The molecular weight excluding hydrogens is 486 g/mol. The second-order valence-electron chi connectivity index (χ2n) is 10.8. The molecule has 0 aliphatic heterocycles. The molecule has 0 fully saturated rings. The van der Waals surface area contributed by atoms with Gasteiger partial charge in [0, 0.05) is 39.2 Å². The molecule has 190 valence electrons. The van der Waals surface area contributed by atoms with Gasteiger partial charge in [0.15, 0.2) is 0 Å². The lowest BCUT2D eigenvalue weighted by atomic mass is 9.74. The summed E-state index contributed by atoms with van der Waals surface area (Å²) >= 11 is 0. The third-order valence-corrected chi connectivity index (χ3v) is 8.54. The number of para-hydroxylation sites is 1. The zero-order chi connectivity index (χ0) is 26.7. The Hall–Kier alpha value is -5.08. The van der Waals surface area contributed by atoms with Crippen molar-refractivity contribution in [3.63, 3.8) is 0 Å². The Morgan fingerprint density at radius 2 is 1.10 bits per heavy atom. The predicted molar refractivity (Wildman–Crippen MR) is 166 cm³/mol. The minimum absolute atomic E-state index is 0.303. The first-order valence-electron chi connectivity index (χ1n) is 13.8. The Morgan fingerprint density at radius 1 is 0.500 bits per heavy atom. The molecule has 0 radical (unpaired) electrons. The van der Waals surface area contributed by atoms with E-state index in [0.717, 1.165) is 33.3 Å². The molecule has 7 aromatic rings. The Kier molecular flexibility index (Phi) is 4.99. The highest BCUT2D eigenvalue weighted by molar-refractivity contribution is 6.07. The fourth-order valence-electron chi connectivity index (χ4n) is 6.56. The van der Waals surface area contributed by atoms with Crippen LogP contribution in [0.25, 0.3) is 44.2 Å². The maximum Gasteiger partial charge on any atom is 0.139 e. The maximum atomic E-state index is 6.71. The molecule has 2 heteroatoms. The van der Waals surface area contributed by atoms with Crippen LogP contribution in [-0.2, 0) is 5.41 Å². The standard InChI is InChI=1S/C38H27NO/c1-38(33-15-7-5-12-29(33)30-13-6-8-16-34(30)38)35-17-9-14-32-31-23-22-28(24-36(31)40-37(32)35)39-27-20-18-26(19-21-27)25-10-3-2-4-11-25/h2-24,39H,1H3. The SMILES string of the molecule is CC1(c2cccc3c2oc2cc(Nc4ccc(-c5ccccc5)cc4)ccc23)c2ccccc2-c2ccccc21. The molecule has 6 aromatic carbocycles. The lowest BCUT2D eigenvalue weighted by Crippen LogP contribution is -2.22. The fraction of sp³-hybridized carbons (Fsp3) is 0.0526.